The standard InChI is InChI=1S/C23H24FN5O5/c1-11-14(7-28-22-21(11)26-3-4-33-22)13-5-12-6-18(27-8-15(12)20(25)19(13)24)29-23(30)34-17-10-32-9-16(17)31-2/h5-8,16-17,26H,3-4,9-10,25H2,1-2H3,(H,27,29,30)/t16-,17+/m1/s1. The summed E-state index contributed by atoms with van der Waals surface area (Å²) in [5, 5.41) is 6.87. The number of ether oxygens (including phenoxy) is 4. The Morgan fingerprint density at radius 1 is 1.24 bits per heavy atom. The first-order chi connectivity index (χ1) is 16.5. The van der Waals surface area contributed by atoms with E-state index in [2.05, 4.69) is 20.6 Å². The van der Waals surface area contributed by atoms with Crippen LogP contribution in [0.2, 0.25) is 0 Å². The molecular weight excluding hydrogens is 445 g/mol. The first-order valence-electron chi connectivity index (χ1n) is 10.8. The number of carbonyl (C=O) groups is 1. The number of hydrogen-bond donors (Lipinski definition) is 3. The number of fused-ring (bicyclic) bond motifs is 2. The summed E-state index contributed by atoms with van der Waals surface area (Å²) in [4.78, 5) is 20.9. The highest BCUT2D eigenvalue weighted by molar-refractivity contribution is 5.99. The normalized spacial score (nSPS) is 19.3. The van der Waals surface area contributed by atoms with Crippen LogP contribution in [0.15, 0.2) is 24.5 Å². The highest BCUT2D eigenvalue weighted by Gasteiger charge is 2.31. The van der Waals surface area contributed by atoms with Gasteiger partial charge in [-0.2, -0.15) is 0 Å². The van der Waals surface area contributed by atoms with Crippen molar-refractivity contribution >= 4 is 34.1 Å². The van der Waals surface area contributed by atoms with Gasteiger partial charge >= 0.3 is 6.09 Å². The molecule has 2 aliphatic heterocycles. The fraction of sp³-hybridized carbons (Fsp3) is 0.348. The lowest BCUT2D eigenvalue weighted by Crippen LogP contribution is -2.33. The zero-order chi connectivity index (χ0) is 23.8. The Hall–Kier alpha value is -3.70. The summed E-state index contributed by atoms with van der Waals surface area (Å²) in [5.74, 6) is 0.153. The third-order valence-electron chi connectivity index (χ3n) is 6.01. The van der Waals surface area contributed by atoms with Gasteiger partial charge in [-0.1, -0.05) is 0 Å². The highest BCUT2D eigenvalue weighted by atomic mass is 19.1. The summed E-state index contributed by atoms with van der Waals surface area (Å²) in [5.41, 5.74) is 8.48. The van der Waals surface area contributed by atoms with Gasteiger partial charge in [0.2, 0.25) is 5.88 Å². The third-order valence-corrected chi connectivity index (χ3v) is 6.01. The fourth-order valence-corrected chi connectivity index (χ4v) is 4.17. The number of pyridine rings is 2. The molecule has 10 nitrogen and oxygen atoms in total. The van der Waals surface area contributed by atoms with Crippen molar-refractivity contribution in [3.8, 4) is 17.0 Å². The second kappa shape index (κ2) is 8.92. The van der Waals surface area contributed by atoms with Gasteiger partial charge in [-0.15, -0.1) is 0 Å². The summed E-state index contributed by atoms with van der Waals surface area (Å²) in [6.45, 7) is 3.63. The van der Waals surface area contributed by atoms with Gasteiger partial charge in [-0.3, -0.25) is 5.32 Å². The van der Waals surface area contributed by atoms with E-state index in [0.29, 0.717) is 42.0 Å². The molecule has 1 saturated heterocycles. The molecule has 11 heteroatoms. The van der Waals surface area contributed by atoms with Gasteiger partial charge in [0.1, 0.15) is 24.2 Å². The van der Waals surface area contributed by atoms with Crippen molar-refractivity contribution in [3.05, 3.63) is 35.9 Å². The van der Waals surface area contributed by atoms with Gasteiger partial charge in [-0.05, 0) is 30.0 Å². The average molecular weight is 469 g/mol. The molecule has 0 bridgehead atoms. The van der Waals surface area contributed by atoms with Gasteiger partial charge in [0, 0.05) is 42.6 Å². The summed E-state index contributed by atoms with van der Waals surface area (Å²) in [6, 6.07) is 3.27. The molecule has 2 aliphatic rings. The number of nitrogens with two attached hydrogens (primary N) is 1. The van der Waals surface area contributed by atoms with Crippen LogP contribution in [-0.4, -0.2) is 61.7 Å². The third kappa shape index (κ3) is 3.93. The molecule has 0 saturated carbocycles. The minimum atomic E-state index is -0.694. The van der Waals surface area contributed by atoms with Crippen molar-refractivity contribution in [2.24, 2.45) is 0 Å². The fourth-order valence-electron chi connectivity index (χ4n) is 4.17. The van der Waals surface area contributed by atoms with Crippen molar-refractivity contribution in [1.29, 1.82) is 0 Å². The van der Waals surface area contributed by atoms with Crippen molar-refractivity contribution in [2.45, 2.75) is 19.1 Å². The number of nitrogen functional groups attached to an aromatic ring is 1. The van der Waals surface area contributed by atoms with E-state index in [1.807, 2.05) is 6.92 Å². The van der Waals surface area contributed by atoms with Crippen molar-refractivity contribution in [2.75, 3.05) is 49.8 Å². The molecule has 0 spiro atoms. The number of halogens is 1. The zero-order valence-corrected chi connectivity index (χ0v) is 18.7. The minimum Gasteiger partial charge on any atom is -0.474 e. The Morgan fingerprint density at radius 2 is 2.06 bits per heavy atom. The van der Waals surface area contributed by atoms with Crippen LogP contribution >= 0.6 is 0 Å². The lowest BCUT2D eigenvalue weighted by molar-refractivity contribution is 0.0117. The second-order valence-electron chi connectivity index (χ2n) is 8.08. The van der Waals surface area contributed by atoms with Crippen LogP contribution in [0.3, 0.4) is 0 Å². The first-order valence-corrected chi connectivity index (χ1v) is 10.8. The maximum atomic E-state index is 15.3. The van der Waals surface area contributed by atoms with Crippen LogP contribution in [-0.2, 0) is 14.2 Å². The molecular formula is C23H24FN5O5. The maximum absolute atomic E-state index is 15.3. The predicted molar refractivity (Wildman–Crippen MR) is 124 cm³/mol. The number of nitrogens with zero attached hydrogens (tertiary/aromatic N) is 2. The Bertz CT molecular complexity index is 1270. The lowest BCUT2D eigenvalue weighted by Gasteiger charge is -2.22. The maximum Gasteiger partial charge on any atom is 0.413 e. The van der Waals surface area contributed by atoms with Crippen LogP contribution < -0.4 is 21.1 Å². The van der Waals surface area contributed by atoms with Crippen LogP contribution in [0.25, 0.3) is 21.9 Å². The number of hydrogen-bond acceptors (Lipinski definition) is 9. The van der Waals surface area contributed by atoms with E-state index >= 15 is 4.39 Å². The Morgan fingerprint density at radius 3 is 2.88 bits per heavy atom. The number of aromatic nitrogens is 2. The van der Waals surface area contributed by atoms with Crippen LogP contribution in [0.5, 0.6) is 5.88 Å². The van der Waals surface area contributed by atoms with E-state index in [0.717, 1.165) is 11.3 Å². The number of amides is 1. The van der Waals surface area contributed by atoms with E-state index in [1.165, 1.54) is 13.3 Å². The second-order valence-corrected chi connectivity index (χ2v) is 8.08. The van der Waals surface area contributed by atoms with E-state index in [9.17, 15) is 4.79 Å². The van der Waals surface area contributed by atoms with Crippen molar-refractivity contribution in [3.63, 3.8) is 0 Å². The number of anilines is 3. The van der Waals surface area contributed by atoms with Gasteiger partial charge in [-0.25, -0.2) is 19.2 Å². The molecule has 5 rings (SSSR count). The zero-order valence-electron chi connectivity index (χ0n) is 18.7. The quantitative estimate of drug-likeness (QED) is 0.494. The van der Waals surface area contributed by atoms with Gasteiger partial charge < -0.3 is 30.0 Å². The molecule has 34 heavy (non-hydrogen) atoms. The first kappa shape index (κ1) is 22.1. The van der Waals surface area contributed by atoms with Crippen LogP contribution in [0.4, 0.5) is 26.4 Å². The lowest BCUT2D eigenvalue weighted by atomic mass is 9.97. The molecule has 0 aliphatic carbocycles. The summed E-state index contributed by atoms with van der Waals surface area (Å²) in [6.07, 6.45) is 1.45. The number of methoxy groups -OCH3 is 1. The average Bonchev–Trinajstić information content (AvgIpc) is 3.29. The molecule has 3 aromatic rings. The summed E-state index contributed by atoms with van der Waals surface area (Å²) >= 11 is 0. The number of benzene rings is 1. The van der Waals surface area contributed by atoms with Gasteiger partial charge in [0.15, 0.2) is 11.9 Å². The number of carbonyl (C=O) groups excluding carboxylic acids is 1. The number of nitrogens with one attached hydrogen (secondary N) is 2. The molecule has 4 N–H and O–H groups in total. The molecule has 178 valence electrons. The molecule has 0 radical (unpaired) electrons. The van der Waals surface area contributed by atoms with E-state index in [-0.39, 0.29) is 29.8 Å². The summed E-state index contributed by atoms with van der Waals surface area (Å²) in [7, 11) is 1.53. The van der Waals surface area contributed by atoms with Gasteiger partial charge in [0.25, 0.3) is 0 Å². The summed E-state index contributed by atoms with van der Waals surface area (Å²) < 4.78 is 36.8. The number of rotatable bonds is 4. The van der Waals surface area contributed by atoms with Crippen LogP contribution in [0, 0.1) is 12.7 Å². The minimum absolute atomic E-state index is 0.0403. The molecule has 0 unspecified atom stereocenters. The van der Waals surface area contributed by atoms with E-state index in [4.69, 9.17) is 24.7 Å². The molecule has 1 fully saturated rings. The topological polar surface area (TPSA) is 130 Å². The van der Waals surface area contributed by atoms with Crippen molar-refractivity contribution < 1.29 is 28.1 Å². The SMILES string of the molecule is CO[C@@H]1COC[C@@H]1OC(=O)Nc1cc2cc(-c3cnc4c(c3C)NCCO4)c(F)c(N)c2cn1. The van der Waals surface area contributed by atoms with Crippen molar-refractivity contribution in [1.82, 2.24) is 9.97 Å². The monoisotopic (exact) mass is 469 g/mol. The van der Waals surface area contributed by atoms with E-state index < -0.39 is 18.0 Å². The Balaban J connectivity index is 1.46. The molecule has 1 aromatic carbocycles. The van der Waals surface area contributed by atoms with Gasteiger partial charge in [0.05, 0.1) is 18.9 Å². The Kier molecular flexibility index (Phi) is 5.80. The molecule has 4 heterocycles. The Labute approximate surface area is 194 Å². The largest absolute Gasteiger partial charge is 0.474 e. The molecule has 2 aromatic heterocycles. The highest BCUT2D eigenvalue weighted by Crippen LogP contribution is 2.39. The smallest absolute Gasteiger partial charge is 0.413 e. The van der Waals surface area contributed by atoms with E-state index in [1.54, 1.807) is 18.3 Å². The van der Waals surface area contributed by atoms with Crippen LogP contribution in [0.1, 0.15) is 5.56 Å². The molecule has 1 amide bonds. The molecule has 2 atom stereocenters. The predicted octanol–water partition coefficient (Wildman–Crippen LogP) is 3.09.